The average molecular weight is 289 g/mol. The molecule has 0 aromatic carbocycles. The van der Waals surface area contributed by atoms with Gasteiger partial charge in [0.25, 0.3) is 0 Å². The number of nitrogens with one attached hydrogen (secondary N) is 1. The van der Waals surface area contributed by atoms with Gasteiger partial charge in [-0.3, -0.25) is 4.79 Å². The van der Waals surface area contributed by atoms with Crippen molar-refractivity contribution in [3.05, 3.63) is 0 Å². The lowest BCUT2D eigenvalue weighted by Crippen LogP contribution is -2.48. The molecule has 3 aliphatic rings. The van der Waals surface area contributed by atoms with Crippen LogP contribution in [-0.2, 0) is 4.79 Å². The minimum absolute atomic E-state index is 0. The SMILES string of the molecule is Cl.O=C(CCC1CCCN1)N1C2CCC1CC(O)C2. The zero-order chi connectivity index (χ0) is 12.5. The maximum Gasteiger partial charge on any atom is 0.223 e. The van der Waals surface area contributed by atoms with Crippen molar-refractivity contribution in [3.63, 3.8) is 0 Å². The first-order chi connectivity index (χ1) is 8.74. The van der Waals surface area contributed by atoms with Crippen LogP contribution in [0.3, 0.4) is 0 Å². The minimum atomic E-state index is -0.178. The molecule has 3 aliphatic heterocycles. The Morgan fingerprint density at radius 3 is 2.47 bits per heavy atom. The topological polar surface area (TPSA) is 52.6 Å². The molecule has 0 aromatic rings. The number of halogens is 1. The lowest BCUT2D eigenvalue weighted by atomic mass is 9.98. The van der Waals surface area contributed by atoms with Crippen molar-refractivity contribution < 1.29 is 9.90 Å². The Hall–Kier alpha value is -0.320. The van der Waals surface area contributed by atoms with Crippen LogP contribution in [0.25, 0.3) is 0 Å². The van der Waals surface area contributed by atoms with Gasteiger partial charge in [0.15, 0.2) is 0 Å². The molecule has 1 amide bonds. The summed E-state index contributed by atoms with van der Waals surface area (Å²) in [5.41, 5.74) is 0. The normalized spacial score (nSPS) is 37.2. The quantitative estimate of drug-likeness (QED) is 0.827. The van der Waals surface area contributed by atoms with Crippen molar-refractivity contribution in [2.24, 2.45) is 0 Å². The Kier molecular flexibility index (Phi) is 5.09. The summed E-state index contributed by atoms with van der Waals surface area (Å²) in [7, 11) is 0. The van der Waals surface area contributed by atoms with Gasteiger partial charge in [0.2, 0.25) is 5.91 Å². The molecule has 19 heavy (non-hydrogen) atoms. The van der Waals surface area contributed by atoms with Crippen LogP contribution >= 0.6 is 12.4 Å². The van der Waals surface area contributed by atoms with Crippen LogP contribution in [0.1, 0.15) is 51.4 Å². The summed E-state index contributed by atoms with van der Waals surface area (Å²) >= 11 is 0. The number of fused-ring (bicyclic) bond motifs is 2. The Balaban J connectivity index is 0.00000133. The Bertz CT molecular complexity index is 307. The largest absolute Gasteiger partial charge is 0.393 e. The maximum absolute atomic E-state index is 12.3. The summed E-state index contributed by atoms with van der Waals surface area (Å²) in [5, 5.41) is 13.2. The molecule has 3 rings (SSSR count). The van der Waals surface area contributed by atoms with Gasteiger partial charge in [-0.2, -0.15) is 0 Å². The molecular weight excluding hydrogens is 264 g/mol. The zero-order valence-corrected chi connectivity index (χ0v) is 12.2. The third kappa shape index (κ3) is 3.23. The Labute approximate surface area is 121 Å². The van der Waals surface area contributed by atoms with Crippen molar-refractivity contribution >= 4 is 18.3 Å². The van der Waals surface area contributed by atoms with Gasteiger partial charge in [-0.05, 0) is 51.5 Å². The van der Waals surface area contributed by atoms with E-state index in [9.17, 15) is 9.90 Å². The lowest BCUT2D eigenvalue weighted by Gasteiger charge is -2.37. The van der Waals surface area contributed by atoms with Gasteiger partial charge < -0.3 is 15.3 Å². The smallest absolute Gasteiger partial charge is 0.223 e. The molecule has 3 fully saturated rings. The Morgan fingerprint density at radius 1 is 1.21 bits per heavy atom. The number of nitrogens with zero attached hydrogens (tertiary/aromatic N) is 1. The van der Waals surface area contributed by atoms with Crippen molar-refractivity contribution in [2.45, 2.75) is 75.6 Å². The summed E-state index contributed by atoms with van der Waals surface area (Å²) < 4.78 is 0. The number of piperidine rings is 1. The molecule has 4 nitrogen and oxygen atoms in total. The van der Waals surface area contributed by atoms with Crippen LogP contribution in [0.2, 0.25) is 0 Å². The fraction of sp³-hybridized carbons (Fsp3) is 0.929. The van der Waals surface area contributed by atoms with E-state index in [-0.39, 0.29) is 18.5 Å². The number of amides is 1. The van der Waals surface area contributed by atoms with Crippen LogP contribution in [0.4, 0.5) is 0 Å². The summed E-state index contributed by atoms with van der Waals surface area (Å²) in [6, 6.07) is 1.20. The maximum atomic E-state index is 12.3. The summed E-state index contributed by atoms with van der Waals surface area (Å²) in [4.78, 5) is 14.4. The summed E-state index contributed by atoms with van der Waals surface area (Å²) in [6.45, 7) is 1.11. The second-order valence-corrected chi connectivity index (χ2v) is 6.14. The monoisotopic (exact) mass is 288 g/mol. The van der Waals surface area contributed by atoms with Crippen LogP contribution < -0.4 is 5.32 Å². The van der Waals surface area contributed by atoms with E-state index in [2.05, 4.69) is 10.2 Å². The highest BCUT2D eigenvalue weighted by Crippen LogP contribution is 2.36. The van der Waals surface area contributed by atoms with Gasteiger partial charge in [-0.1, -0.05) is 0 Å². The van der Waals surface area contributed by atoms with Crippen LogP contribution in [-0.4, -0.2) is 46.7 Å². The molecule has 0 spiro atoms. The molecule has 3 atom stereocenters. The molecular formula is C14H25ClN2O2. The van der Waals surface area contributed by atoms with Gasteiger partial charge >= 0.3 is 0 Å². The summed E-state index contributed by atoms with van der Waals surface area (Å²) in [5.74, 6) is 0.322. The molecule has 0 radical (unpaired) electrons. The number of hydrogen-bond acceptors (Lipinski definition) is 3. The fourth-order valence-corrected chi connectivity index (χ4v) is 3.99. The standard InChI is InChI=1S/C14H24N2O2.ClH/c17-13-8-11-4-5-12(9-13)16(11)14(18)6-3-10-2-1-7-15-10;/h10-13,15,17H,1-9H2;1H. The highest BCUT2D eigenvalue weighted by atomic mass is 35.5. The van der Waals surface area contributed by atoms with E-state index in [0.29, 0.717) is 30.5 Å². The third-order valence-corrected chi connectivity index (χ3v) is 4.87. The zero-order valence-electron chi connectivity index (χ0n) is 11.4. The second-order valence-electron chi connectivity index (χ2n) is 6.14. The van der Waals surface area contributed by atoms with E-state index in [1.54, 1.807) is 0 Å². The molecule has 110 valence electrons. The van der Waals surface area contributed by atoms with Crippen LogP contribution in [0, 0.1) is 0 Å². The van der Waals surface area contributed by atoms with E-state index in [4.69, 9.17) is 0 Å². The number of aliphatic hydroxyl groups is 1. The number of hydrogen-bond donors (Lipinski definition) is 2. The van der Waals surface area contributed by atoms with E-state index in [1.165, 1.54) is 12.8 Å². The van der Waals surface area contributed by atoms with Crippen molar-refractivity contribution in [2.75, 3.05) is 6.54 Å². The molecule has 0 saturated carbocycles. The van der Waals surface area contributed by atoms with Crippen LogP contribution in [0.5, 0.6) is 0 Å². The first-order valence-corrected chi connectivity index (χ1v) is 7.46. The second kappa shape index (κ2) is 6.42. The number of carbonyl (C=O) groups excluding carboxylic acids is 1. The van der Waals surface area contributed by atoms with Crippen LogP contribution in [0.15, 0.2) is 0 Å². The van der Waals surface area contributed by atoms with Crippen molar-refractivity contribution in [3.8, 4) is 0 Å². The number of aliphatic hydroxyl groups excluding tert-OH is 1. The third-order valence-electron chi connectivity index (χ3n) is 4.87. The molecule has 3 heterocycles. The average Bonchev–Trinajstić information content (AvgIpc) is 2.94. The van der Waals surface area contributed by atoms with E-state index in [1.807, 2.05) is 0 Å². The molecule has 0 aromatic heterocycles. The minimum Gasteiger partial charge on any atom is -0.393 e. The fourth-order valence-electron chi connectivity index (χ4n) is 3.99. The van der Waals surface area contributed by atoms with Gasteiger partial charge in [0.05, 0.1) is 6.10 Å². The van der Waals surface area contributed by atoms with Gasteiger partial charge in [0.1, 0.15) is 0 Å². The van der Waals surface area contributed by atoms with Gasteiger partial charge in [-0.25, -0.2) is 0 Å². The van der Waals surface area contributed by atoms with Crippen molar-refractivity contribution in [1.29, 1.82) is 0 Å². The van der Waals surface area contributed by atoms with Crippen molar-refractivity contribution in [1.82, 2.24) is 10.2 Å². The van der Waals surface area contributed by atoms with E-state index in [0.717, 1.165) is 38.6 Å². The van der Waals surface area contributed by atoms with Gasteiger partial charge in [-0.15, -0.1) is 12.4 Å². The van der Waals surface area contributed by atoms with Gasteiger partial charge in [0, 0.05) is 24.5 Å². The van der Waals surface area contributed by atoms with E-state index >= 15 is 0 Å². The first kappa shape index (κ1) is 15.1. The summed E-state index contributed by atoms with van der Waals surface area (Å²) in [6.07, 6.45) is 7.73. The predicted octanol–water partition coefficient (Wildman–Crippen LogP) is 1.45. The number of carbonyl (C=O) groups is 1. The highest BCUT2D eigenvalue weighted by Gasteiger charge is 2.42. The molecule has 3 unspecified atom stereocenters. The van der Waals surface area contributed by atoms with E-state index < -0.39 is 0 Å². The molecule has 2 bridgehead atoms. The molecule has 0 aliphatic carbocycles. The Morgan fingerprint density at radius 2 is 1.89 bits per heavy atom. The lowest BCUT2D eigenvalue weighted by molar-refractivity contribution is -0.137. The first-order valence-electron chi connectivity index (χ1n) is 7.46. The molecule has 3 saturated heterocycles. The molecule has 2 N–H and O–H groups in total. The predicted molar refractivity (Wildman–Crippen MR) is 76.4 cm³/mol. The molecule has 5 heteroatoms. The number of rotatable bonds is 3. The highest BCUT2D eigenvalue weighted by molar-refractivity contribution is 5.85.